The number of benzene rings is 2. The predicted octanol–water partition coefficient (Wildman–Crippen LogP) is 2.24. The quantitative estimate of drug-likeness (QED) is 0.632. The van der Waals surface area contributed by atoms with E-state index in [9.17, 15) is 16.8 Å². The van der Waals surface area contributed by atoms with Crippen molar-refractivity contribution in [2.75, 3.05) is 12.8 Å². The zero-order chi connectivity index (χ0) is 20.8. The molecule has 1 aliphatic heterocycles. The second kappa shape index (κ2) is 7.08. The lowest BCUT2D eigenvalue weighted by Gasteiger charge is -2.27. The van der Waals surface area contributed by atoms with Gasteiger partial charge in [0.2, 0.25) is 0 Å². The maximum Gasteiger partial charge on any atom is 0.262 e. The minimum atomic E-state index is -3.63. The zero-order valence-corrected chi connectivity index (χ0v) is 17.7. The fourth-order valence-corrected chi connectivity index (χ4v) is 5.52. The lowest BCUT2D eigenvalue weighted by molar-refractivity contribution is 0.390. The molecule has 0 aliphatic carbocycles. The molecule has 0 amide bonds. The van der Waals surface area contributed by atoms with Crippen LogP contribution in [0.25, 0.3) is 11.1 Å². The second-order valence-electron chi connectivity index (χ2n) is 7.25. The standard InChI is InChI=1S/C20H21N3O4S2/c1-22-13-20(21-14-22)29(26,27)23-9-8-17-10-16(6-7-18(17)12-23)15-4-3-5-19(11-15)28(2,24)25/h3-7,10-11,13-14H,8-9,12H2,1-2H3. The molecule has 9 heteroatoms. The predicted molar refractivity (Wildman–Crippen MR) is 109 cm³/mol. The summed E-state index contributed by atoms with van der Waals surface area (Å²) in [5.41, 5.74) is 3.74. The van der Waals surface area contributed by atoms with E-state index in [-0.39, 0.29) is 16.5 Å². The maximum atomic E-state index is 12.8. The van der Waals surface area contributed by atoms with Gasteiger partial charge < -0.3 is 4.57 Å². The van der Waals surface area contributed by atoms with E-state index in [0.717, 1.165) is 22.3 Å². The molecule has 0 N–H and O–H groups in total. The van der Waals surface area contributed by atoms with Crippen molar-refractivity contribution in [2.45, 2.75) is 22.9 Å². The van der Waals surface area contributed by atoms with Gasteiger partial charge >= 0.3 is 0 Å². The van der Waals surface area contributed by atoms with Crippen LogP contribution >= 0.6 is 0 Å². The summed E-state index contributed by atoms with van der Waals surface area (Å²) < 4.78 is 52.4. The molecule has 7 nitrogen and oxygen atoms in total. The maximum absolute atomic E-state index is 12.8. The molecule has 152 valence electrons. The van der Waals surface area contributed by atoms with Crippen molar-refractivity contribution in [3.05, 3.63) is 66.1 Å². The van der Waals surface area contributed by atoms with E-state index in [1.54, 1.807) is 29.8 Å². The van der Waals surface area contributed by atoms with Gasteiger partial charge in [-0.1, -0.05) is 30.3 Å². The summed E-state index contributed by atoms with van der Waals surface area (Å²) in [7, 11) is -5.18. The summed E-state index contributed by atoms with van der Waals surface area (Å²) in [6, 6.07) is 12.7. The van der Waals surface area contributed by atoms with E-state index in [1.165, 1.54) is 23.1 Å². The van der Waals surface area contributed by atoms with Crippen LogP contribution in [-0.2, 0) is 39.9 Å². The van der Waals surface area contributed by atoms with Crippen LogP contribution in [0.5, 0.6) is 0 Å². The smallest absolute Gasteiger partial charge is 0.262 e. The number of hydrogen-bond donors (Lipinski definition) is 0. The summed E-state index contributed by atoms with van der Waals surface area (Å²) in [4.78, 5) is 4.26. The van der Waals surface area contributed by atoms with Crippen molar-refractivity contribution in [1.29, 1.82) is 0 Å². The van der Waals surface area contributed by atoms with Gasteiger partial charge in [-0.2, -0.15) is 4.31 Å². The first-order chi connectivity index (χ1) is 13.6. The van der Waals surface area contributed by atoms with E-state index in [2.05, 4.69) is 4.98 Å². The van der Waals surface area contributed by atoms with Crippen LogP contribution in [0, 0.1) is 0 Å². The first kappa shape index (κ1) is 19.8. The highest BCUT2D eigenvalue weighted by Gasteiger charge is 2.30. The number of sulfone groups is 1. The summed E-state index contributed by atoms with van der Waals surface area (Å²) in [6.45, 7) is 0.663. The third-order valence-electron chi connectivity index (χ3n) is 5.06. The minimum Gasteiger partial charge on any atom is -0.339 e. The largest absolute Gasteiger partial charge is 0.339 e. The molecule has 2 aromatic carbocycles. The number of fused-ring (bicyclic) bond motifs is 1. The Kier molecular flexibility index (Phi) is 4.84. The summed E-state index contributed by atoms with van der Waals surface area (Å²) in [5.74, 6) is 0. The number of aryl methyl sites for hydroxylation is 1. The molecule has 0 bridgehead atoms. The Labute approximate surface area is 170 Å². The van der Waals surface area contributed by atoms with Gasteiger partial charge in [0.15, 0.2) is 14.9 Å². The SMILES string of the molecule is Cn1cnc(S(=O)(=O)N2CCc3cc(-c4cccc(S(C)(=O)=O)c4)ccc3C2)c1. The van der Waals surface area contributed by atoms with Gasteiger partial charge in [-0.25, -0.2) is 21.8 Å². The highest BCUT2D eigenvalue weighted by Crippen LogP contribution is 2.29. The summed E-state index contributed by atoms with van der Waals surface area (Å²) in [5, 5.41) is 0.0534. The van der Waals surface area contributed by atoms with E-state index >= 15 is 0 Å². The van der Waals surface area contributed by atoms with Crippen LogP contribution in [0.2, 0.25) is 0 Å². The molecule has 2 heterocycles. The molecule has 0 fully saturated rings. The Morgan fingerprint density at radius 2 is 1.72 bits per heavy atom. The summed E-state index contributed by atoms with van der Waals surface area (Å²) >= 11 is 0. The molecule has 0 saturated heterocycles. The van der Waals surface area contributed by atoms with Crippen LogP contribution in [0.3, 0.4) is 0 Å². The molecule has 3 aromatic rings. The van der Waals surface area contributed by atoms with Crippen molar-refractivity contribution in [3.8, 4) is 11.1 Å². The number of imidazole rings is 1. The Balaban J connectivity index is 1.63. The molecule has 1 aliphatic rings. The van der Waals surface area contributed by atoms with Gasteiger partial charge in [0.25, 0.3) is 10.0 Å². The molecule has 0 saturated carbocycles. The van der Waals surface area contributed by atoms with Crippen molar-refractivity contribution in [1.82, 2.24) is 13.9 Å². The molecule has 4 rings (SSSR count). The van der Waals surface area contributed by atoms with Crippen LogP contribution in [0.1, 0.15) is 11.1 Å². The van der Waals surface area contributed by atoms with Crippen molar-refractivity contribution >= 4 is 19.9 Å². The first-order valence-corrected chi connectivity index (χ1v) is 12.4. The Morgan fingerprint density at radius 1 is 0.966 bits per heavy atom. The molecule has 0 radical (unpaired) electrons. The number of rotatable bonds is 4. The molecule has 0 spiro atoms. The third-order valence-corrected chi connectivity index (χ3v) is 7.91. The lowest BCUT2D eigenvalue weighted by Crippen LogP contribution is -2.36. The minimum absolute atomic E-state index is 0.0534. The van der Waals surface area contributed by atoms with E-state index in [1.807, 2.05) is 24.3 Å². The third kappa shape index (κ3) is 3.85. The van der Waals surface area contributed by atoms with Crippen molar-refractivity contribution in [3.63, 3.8) is 0 Å². The highest BCUT2D eigenvalue weighted by atomic mass is 32.2. The Morgan fingerprint density at radius 3 is 2.41 bits per heavy atom. The molecule has 29 heavy (non-hydrogen) atoms. The number of nitrogens with zero attached hydrogens (tertiary/aromatic N) is 3. The fraction of sp³-hybridized carbons (Fsp3) is 0.250. The monoisotopic (exact) mass is 431 g/mol. The van der Waals surface area contributed by atoms with E-state index < -0.39 is 19.9 Å². The first-order valence-electron chi connectivity index (χ1n) is 9.05. The highest BCUT2D eigenvalue weighted by molar-refractivity contribution is 7.90. The number of hydrogen-bond acceptors (Lipinski definition) is 5. The van der Waals surface area contributed by atoms with Gasteiger partial charge in [0.05, 0.1) is 11.2 Å². The molecular weight excluding hydrogens is 410 g/mol. The fourth-order valence-electron chi connectivity index (χ4n) is 3.47. The van der Waals surface area contributed by atoms with Crippen LogP contribution < -0.4 is 0 Å². The molecular formula is C20H21N3O4S2. The average molecular weight is 432 g/mol. The number of sulfonamides is 1. The van der Waals surface area contributed by atoms with Crippen LogP contribution in [0.15, 0.2) is 64.9 Å². The number of aromatic nitrogens is 2. The van der Waals surface area contributed by atoms with Crippen molar-refractivity contribution in [2.24, 2.45) is 7.05 Å². The molecule has 0 atom stereocenters. The zero-order valence-electron chi connectivity index (χ0n) is 16.1. The molecule has 0 unspecified atom stereocenters. The van der Waals surface area contributed by atoms with Crippen LogP contribution in [0.4, 0.5) is 0 Å². The van der Waals surface area contributed by atoms with Gasteiger partial charge in [-0.05, 0) is 40.8 Å². The van der Waals surface area contributed by atoms with E-state index in [4.69, 9.17) is 0 Å². The average Bonchev–Trinajstić information content (AvgIpc) is 3.14. The van der Waals surface area contributed by atoms with Crippen molar-refractivity contribution < 1.29 is 16.8 Å². The molecule has 1 aromatic heterocycles. The van der Waals surface area contributed by atoms with Crippen LogP contribution in [-0.4, -0.2) is 43.5 Å². The van der Waals surface area contributed by atoms with Gasteiger partial charge in [-0.3, -0.25) is 0 Å². The Bertz CT molecular complexity index is 1290. The Hall–Kier alpha value is -2.49. The van der Waals surface area contributed by atoms with Gasteiger partial charge in [0, 0.05) is 32.6 Å². The van der Waals surface area contributed by atoms with E-state index in [0.29, 0.717) is 13.0 Å². The normalized spacial score (nSPS) is 15.2. The van der Waals surface area contributed by atoms with Gasteiger partial charge in [0.1, 0.15) is 0 Å². The topological polar surface area (TPSA) is 89.3 Å². The summed E-state index contributed by atoms with van der Waals surface area (Å²) in [6.07, 6.45) is 4.75. The second-order valence-corrected chi connectivity index (χ2v) is 11.1. The lowest BCUT2D eigenvalue weighted by atomic mass is 9.95. The van der Waals surface area contributed by atoms with Gasteiger partial charge in [-0.15, -0.1) is 0 Å².